The van der Waals surface area contributed by atoms with Crippen LogP contribution in [0.5, 0.6) is 5.75 Å². The third kappa shape index (κ3) is 10.9. The van der Waals surface area contributed by atoms with Gasteiger partial charge in [-0.3, -0.25) is 9.79 Å². The summed E-state index contributed by atoms with van der Waals surface area (Å²) in [6.45, 7) is 6.86. The molecule has 0 aliphatic heterocycles. The Labute approximate surface area is 174 Å². The molecule has 0 spiro atoms. The van der Waals surface area contributed by atoms with E-state index in [2.05, 4.69) is 10.3 Å². The summed E-state index contributed by atoms with van der Waals surface area (Å²) >= 11 is 0. The molecule has 2 atom stereocenters. The van der Waals surface area contributed by atoms with Crippen LogP contribution in [0, 0.1) is 13.8 Å². The molecule has 7 nitrogen and oxygen atoms in total. The van der Waals surface area contributed by atoms with E-state index >= 15 is 0 Å². The van der Waals surface area contributed by atoms with Crippen LogP contribution < -0.4 is 27.3 Å². The zero-order valence-electron chi connectivity index (χ0n) is 16.2. The number of carbonyl (C=O) groups is 1. The largest absolute Gasteiger partial charge is 0.491 e. The Morgan fingerprint density at radius 1 is 1.19 bits per heavy atom. The number of hydrogen-bond donors (Lipinski definition) is 4. The highest BCUT2D eigenvalue weighted by Gasteiger charge is 2.16. The van der Waals surface area contributed by atoms with E-state index in [1.54, 1.807) is 0 Å². The Hall–Kier alpha value is -1.70. The minimum absolute atomic E-state index is 0. The molecule has 0 fully saturated rings. The monoisotopic (exact) mass is 421 g/mol. The number of ether oxygens (including phenoxy) is 1. The number of benzene rings is 1. The third-order valence-corrected chi connectivity index (χ3v) is 3.83. The first-order chi connectivity index (χ1) is 11.8. The van der Waals surface area contributed by atoms with Crippen LogP contribution in [-0.4, -0.2) is 37.1 Å². The first kappa shape index (κ1) is 27.5. The summed E-state index contributed by atoms with van der Waals surface area (Å²) in [5.41, 5.74) is 18.6. The SMILES string of the molecule is Cc1cccc(C)c1OCC(C)NC(=O)[C@@H](N)CCCCN=C(N)N.Cl.Cl. The summed E-state index contributed by atoms with van der Waals surface area (Å²) in [4.78, 5) is 16.0. The molecule has 0 saturated carbocycles. The van der Waals surface area contributed by atoms with Crippen LogP contribution in [0.1, 0.15) is 37.3 Å². The highest BCUT2D eigenvalue weighted by Crippen LogP contribution is 2.22. The maximum absolute atomic E-state index is 12.1. The standard InChI is InChI=1S/C18H31N5O2.2ClH/c1-12-7-6-8-13(2)16(12)25-11-14(3)23-17(24)15(19)9-4-5-10-22-18(20)21;;/h6-8,14-15H,4-5,9-11,19H2,1-3H3,(H,23,24)(H4,20,21,22);2*1H/t14?,15-;;/m0../s1. The van der Waals surface area contributed by atoms with Gasteiger partial charge in [0, 0.05) is 6.54 Å². The summed E-state index contributed by atoms with van der Waals surface area (Å²) in [7, 11) is 0. The average molecular weight is 422 g/mol. The Kier molecular flexibility index (Phi) is 14.6. The summed E-state index contributed by atoms with van der Waals surface area (Å²) in [6, 6.07) is 5.34. The zero-order chi connectivity index (χ0) is 18.8. The fourth-order valence-corrected chi connectivity index (χ4v) is 2.44. The topological polar surface area (TPSA) is 129 Å². The van der Waals surface area contributed by atoms with Gasteiger partial charge in [-0.05, 0) is 51.2 Å². The van der Waals surface area contributed by atoms with Crippen molar-refractivity contribution >= 4 is 36.7 Å². The van der Waals surface area contributed by atoms with Gasteiger partial charge in [0.1, 0.15) is 12.4 Å². The lowest BCUT2D eigenvalue weighted by Crippen LogP contribution is -2.46. The number of nitrogens with zero attached hydrogens (tertiary/aromatic N) is 1. The van der Waals surface area contributed by atoms with Crippen molar-refractivity contribution in [3.8, 4) is 5.75 Å². The molecule has 1 amide bonds. The number of unbranched alkanes of at least 4 members (excludes halogenated alkanes) is 1. The van der Waals surface area contributed by atoms with Crippen molar-refractivity contribution in [2.45, 2.75) is 52.1 Å². The first-order valence-corrected chi connectivity index (χ1v) is 8.61. The summed E-state index contributed by atoms with van der Waals surface area (Å²) in [5, 5.41) is 2.89. The Morgan fingerprint density at radius 3 is 2.33 bits per heavy atom. The molecule has 0 aliphatic rings. The molecule has 1 unspecified atom stereocenters. The quantitative estimate of drug-likeness (QED) is 0.260. The number of aryl methyl sites for hydroxylation is 2. The average Bonchev–Trinajstić information content (AvgIpc) is 2.53. The van der Waals surface area contributed by atoms with E-state index in [-0.39, 0.29) is 42.7 Å². The van der Waals surface area contributed by atoms with Gasteiger partial charge in [-0.1, -0.05) is 18.2 Å². The van der Waals surface area contributed by atoms with E-state index in [9.17, 15) is 4.79 Å². The number of amides is 1. The van der Waals surface area contributed by atoms with Crippen molar-refractivity contribution < 1.29 is 9.53 Å². The van der Waals surface area contributed by atoms with Crippen molar-refractivity contribution in [2.75, 3.05) is 13.2 Å². The summed E-state index contributed by atoms with van der Waals surface area (Å²) < 4.78 is 5.85. The van der Waals surface area contributed by atoms with Crippen LogP contribution in [0.15, 0.2) is 23.2 Å². The van der Waals surface area contributed by atoms with Crippen LogP contribution in [0.25, 0.3) is 0 Å². The minimum atomic E-state index is -0.540. The van der Waals surface area contributed by atoms with Gasteiger partial charge < -0.3 is 27.3 Å². The molecule has 27 heavy (non-hydrogen) atoms. The number of hydrogen-bond acceptors (Lipinski definition) is 4. The van der Waals surface area contributed by atoms with E-state index in [1.807, 2.05) is 39.0 Å². The smallest absolute Gasteiger partial charge is 0.237 e. The zero-order valence-corrected chi connectivity index (χ0v) is 17.9. The maximum atomic E-state index is 12.1. The van der Waals surface area contributed by atoms with Crippen molar-refractivity contribution in [1.82, 2.24) is 5.32 Å². The van der Waals surface area contributed by atoms with Gasteiger partial charge in [0.05, 0.1) is 12.1 Å². The van der Waals surface area contributed by atoms with E-state index < -0.39 is 6.04 Å². The van der Waals surface area contributed by atoms with Crippen LogP contribution in [-0.2, 0) is 4.79 Å². The molecule has 156 valence electrons. The van der Waals surface area contributed by atoms with Gasteiger partial charge in [-0.15, -0.1) is 24.8 Å². The highest BCUT2D eigenvalue weighted by molar-refractivity contribution is 5.85. The Morgan fingerprint density at radius 2 is 1.78 bits per heavy atom. The van der Waals surface area contributed by atoms with Crippen molar-refractivity contribution in [3.63, 3.8) is 0 Å². The number of rotatable bonds is 10. The van der Waals surface area contributed by atoms with Gasteiger partial charge in [0.25, 0.3) is 0 Å². The van der Waals surface area contributed by atoms with E-state index in [0.29, 0.717) is 19.6 Å². The molecule has 1 aromatic rings. The molecular formula is C18H33Cl2N5O2. The second kappa shape index (κ2) is 14.4. The van der Waals surface area contributed by atoms with Gasteiger partial charge in [-0.2, -0.15) is 0 Å². The van der Waals surface area contributed by atoms with Crippen LogP contribution >= 0.6 is 24.8 Å². The van der Waals surface area contributed by atoms with Gasteiger partial charge in [-0.25, -0.2) is 0 Å². The Balaban J connectivity index is 0. The normalized spacial score (nSPS) is 12.0. The summed E-state index contributed by atoms with van der Waals surface area (Å²) in [5.74, 6) is 0.784. The number of halogens is 2. The fourth-order valence-electron chi connectivity index (χ4n) is 2.44. The van der Waals surface area contributed by atoms with Crippen molar-refractivity contribution in [1.29, 1.82) is 0 Å². The predicted octanol–water partition coefficient (Wildman–Crippen LogP) is 1.80. The fraction of sp³-hybridized carbons (Fsp3) is 0.556. The van der Waals surface area contributed by atoms with Crippen LogP contribution in [0.2, 0.25) is 0 Å². The number of aliphatic imine (C=N–C) groups is 1. The molecule has 0 bridgehead atoms. The minimum Gasteiger partial charge on any atom is -0.491 e. The third-order valence-electron chi connectivity index (χ3n) is 3.83. The molecule has 0 heterocycles. The maximum Gasteiger partial charge on any atom is 0.237 e. The van der Waals surface area contributed by atoms with Gasteiger partial charge in [0.2, 0.25) is 5.91 Å². The first-order valence-electron chi connectivity index (χ1n) is 8.61. The van der Waals surface area contributed by atoms with E-state index in [4.69, 9.17) is 21.9 Å². The lowest BCUT2D eigenvalue weighted by molar-refractivity contribution is -0.123. The van der Waals surface area contributed by atoms with E-state index in [0.717, 1.165) is 29.7 Å². The molecule has 0 aromatic heterocycles. The van der Waals surface area contributed by atoms with E-state index in [1.165, 1.54) is 0 Å². The van der Waals surface area contributed by atoms with Crippen molar-refractivity contribution in [3.05, 3.63) is 29.3 Å². The number of nitrogens with two attached hydrogens (primary N) is 3. The molecule has 7 N–H and O–H groups in total. The Bertz CT molecular complexity index is 575. The second-order valence-corrected chi connectivity index (χ2v) is 6.35. The number of guanidine groups is 1. The molecule has 0 radical (unpaired) electrons. The second-order valence-electron chi connectivity index (χ2n) is 6.35. The molecule has 0 saturated heterocycles. The van der Waals surface area contributed by atoms with Crippen molar-refractivity contribution in [2.24, 2.45) is 22.2 Å². The van der Waals surface area contributed by atoms with Crippen LogP contribution in [0.4, 0.5) is 0 Å². The molecule has 1 rings (SSSR count). The molecule has 9 heteroatoms. The van der Waals surface area contributed by atoms with Gasteiger partial charge in [0.15, 0.2) is 5.96 Å². The molecule has 0 aliphatic carbocycles. The molecular weight excluding hydrogens is 389 g/mol. The number of nitrogens with one attached hydrogen (secondary N) is 1. The lowest BCUT2D eigenvalue weighted by Gasteiger charge is -2.19. The van der Waals surface area contributed by atoms with Crippen LogP contribution in [0.3, 0.4) is 0 Å². The lowest BCUT2D eigenvalue weighted by atomic mass is 10.1. The van der Waals surface area contributed by atoms with Gasteiger partial charge >= 0.3 is 0 Å². The highest BCUT2D eigenvalue weighted by atomic mass is 35.5. The molecule has 1 aromatic carbocycles. The number of carbonyl (C=O) groups excluding carboxylic acids is 1. The predicted molar refractivity (Wildman–Crippen MR) is 116 cm³/mol. The number of para-hydroxylation sites is 1. The summed E-state index contributed by atoms with van der Waals surface area (Å²) in [6.07, 6.45) is 2.18.